The first kappa shape index (κ1) is 17.0. The first-order chi connectivity index (χ1) is 10.0. The van der Waals surface area contributed by atoms with Crippen molar-refractivity contribution in [3.63, 3.8) is 0 Å². The molecule has 0 aliphatic carbocycles. The van der Waals surface area contributed by atoms with Gasteiger partial charge in [-0.15, -0.1) is 0 Å². The molecule has 5 heteroatoms. The fraction of sp³-hybridized carbons (Fsp3) is 0.500. The smallest absolute Gasteiger partial charge is 0.306 e. The van der Waals surface area contributed by atoms with Crippen LogP contribution in [0.5, 0.6) is 5.75 Å². The number of nitrogens with one attached hydrogen (secondary N) is 1. The number of anilines is 1. The second-order valence-electron chi connectivity index (χ2n) is 5.09. The lowest BCUT2D eigenvalue weighted by atomic mass is 10.2. The molecule has 1 amide bonds. The lowest BCUT2D eigenvalue weighted by Gasteiger charge is -2.10. The molecule has 0 aliphatic rings. The Morgan fingerprint density at radius 3 is 2.67 bits per heavy atom. The van der Waals surface area contributed by atoms with Gasteiger partial charge in [0.25, 0.3) is 0 Å². The van der Waals surface area contributed by atoms with Crippen LogP contribution in [0, 0.1) is 5.92 Å². The number of carbonyl (C=O) groups excluding carboxylic acids is 2. The van der Waals surface area contributed by atoms with Crippen LogP contribution in [0.1, 0.15) is 33.6 Å². The largest absolute Gasteiger partial charge is 0.493 e. The average Bonchev–Trinajstić information content (AvgIpc) is 2.44. The molecule has 0 aliphatic heterocycles. The van der Waals surface area contributed by atoms with Crippen LogP contribution >= 0.6 is 0 Å². The minimum Gasteiger partial charge on any atom is -0.493 e. The topological polar surface area (TPSA) is 64.6 Å². The average molecular weight is 293 g/mol. The van der Waals surface area contributed by atoms with Crippen molar-refractivity contribution in [2.75, 3.05) is 18.5 Å². The van der Waals surface area contributed by atoms with Gasteiger partial charge < -0.3 is 14.8 Å². The van der Waals surface area contributed by atoms with E-state index in [0.29, 0.717) is 30.6 Å². The summed E-state index contributed by atoms with van der Waals surface area (Å²) in [6, 6.07) is 7.21. The van der Waals surface area contributed by atoms with E-state index in [4.69, 9.17) is 9.47 Å². The van der Waals surface area contributed by atoms with Crippen molar-refractivity contribution in [2.24, 2.45) is 5.92 Å². The normalized spacial score (nSPS) is 10.3. The van der Waals surface area contributed by atoms with E-state index in [1.54, 1.807) is 19.1 Å². The van der Waals surface area contributed by atoms with Crippen molar-refractivity contribution in [1.82, 2.24) is 0 Å². The number of hydrogen-bond donors (Lipinski definition) is 1. The van der Waals surface area contributed by atoms with Crippen LogP contribution in [-0.2, 0) is 14.3 Å². The molecule has 0 bridgehead atoms. The van der Waals surface area contributed by atoms with Gasteiger partial charge in [-0.05, 0) is 25.0 Å². The van der Waals surface area contributed by atoms with Crippen molar-refractivity contribution in [3.05, 3.63) is 24.3 Å². The molecule has 0 atom stereocenters. The summed E-state index contributed by atoms with van der Waals surface area (Å²) >= 11 is 0. The Morgan fingerprint density at radius 2 is 2.00 bits per heavy atom. The second kappa shape index (κ2) is 9.00. The first-order valence-electron chi connectivity index (χ1n) is 7.19. The lowest BCUT2D eigenvalue weighted by molar-refractivity contribution is -0.144. The molecule has 1 rings (SSSR count). The van der Waals surface area contributed by atoms with Gasteiger partial charge in [0.1, 0.15) is 5.75 Å². The van der Waals surface area contributed by atoms with Crippen LogP contribution in [0.4, 0.5) is 5.69 Å². The second-order valence-corrected chi connectivity index (χ2v) is 5.09. The number of ether oxygens (including phenoxy) is 2. The molecule has 1 aromatic rings. The number of rotatable bonds is 8. The van der Waals surface area contributed by atoms with Gasteiger partial charge in [0, 0.05) is 18.2 Å². The Bertz CT molecular complexity index is 471. The predicted molar refractivity (Wildman–Crippen MR) is 81.3 cm³/mol. The molecule has 0 heterocycles. The molecule has 116 valence electrons. The summed E-state index contributed by atoms with van der Waals surface area (Å²) in [5, 5.41) is 2.74. The van der Waals surface area contributed by atoms with E-state index in [9.17, 15) is 9.59 Å². The molecule has 0 fully saturated rings. The summed E-state index contributed by atoms with van der Waals surface area (Å²) < 4.78 is 10.4. The van der Waals surface area contributed by atoms with Gasteiger partial charge in [-0.2, -0.15) is 0 Å². The van der Waals surface area contributed by atoms with Crippen LogP contribution < -0.4 is 10.1 Å². The SMILES string of the molecule is CCOC(=O)CCC(=O)Nc1cccc(OCC(C)C)c1. The van der Waals surface area contributed by atoms with Gasteiger partial charge in [0.05, 0.1) is 19.6 Å². The summed E-state index contributed by atoms with van der Waals surface area (Å²) in [5.41, 5.74) is 0.658. The molecule has 21 heavy (non-hydrogen) atoms. The van der Waals surface area contributed by atoms with Crippen LogP contribution in [0.3, 0.4) is 0 Å². The Labute approximate surface area is 125 Å². The lowest BCUT2D eigenvalue weighted by Crippen LogP contribution is -2.14. The van der Waals surface area contributed by atoms with Crippen molar-refractivity contribution < 1.29 is 19.1 Å². The van der Waals surface area contributed by atoms with Crippen molar-refractivity contribution in [2.45, 2.75) is 33.6 Å². The summed E-state index contributed by atoms with van der Waals surface area (Å²) in [6.07, 6.45) is 0.194. The molecular weight excluding hydrogens is 270 g/mol. The molecule has 0 saturated carbocycles. The van der Waals surface area contributed by atoms with Crippen molar-refractivity contribution in [1.29, 1.82) is 0 Å². The van der Waals surface area contributed by atoms with Gasteiger partial charge in [-0.25, -0.2) is 0 Å². The number of esters is 1. The van der Waals surface area contributed by atoms with E-state index in [1.807, 2.05) is 12.1 Å². The molecule has 1 N–H and O–H groups in total. The van der Waals surface area contributed by atoms with Gasteiger partial charge in [0.15, 0.2) is 0 Å². The summed E-state index contributed by atoms with van der Waals surface area (Å²) in [4.78, 5) is 22.9. The predicted octanol–water partition coefficient (Wildman–Crippen LogP) is 3.00. The maximum atomic E-state index is 11.7. The van der Waals surface area contributed by atoms with Crippen LogP contribution in [0.25, 0.3) is 0 Å². The Kier molecular flexibility index (Phi) is 7.29. The molecule has 0 radical (unpaired) electrons. The molecular formula is C16H23NO4. The molecule has 0 unspecified atom stereocenters. The third kappa shape index (κ3) is 7.34. The van der Waals surface area contributed by atoms with Crippen LogP contribution in [0.15, 0.2) is 24.3 Å². The van der Waals surface area contributed by atoms with Gasteiger partial charge in [0.2, 0.25) is 5.91 Å². The first-order valence-corrected chi connectivity index (χ1v) is 7.19. The molecule has 0 aromatic heterocycles. The van der Waals surface area contributed by atoms with Crippen LogP contribution in [0.2, 0.25) is 0 Å². The van der Waals surface area contributed by atoms with Crippen molar-refractivity contribution in [3.8, 4) is 5.75 Å². The zero-order valence-electron chi connectivity index (χ0n) is 12.8. The Balaban J connectivity index is 2.45. The fourth-order valence-electron chi connectivity index (χ4n) is 1.60. The highest BCUT2D eigenvalue weighted by molar-refractivity contribution is 5.92. The van der Waals surface area contributed by atoms with Gasteiger partial charge in [-0.3, -0.25) is 9.59 Å². The van der Waals surface area contributed by atoms with E-state index in [1.165, 1.54) is 0 Å². The number of carbonyl (C=O) groups is 2. The Morgan fingerprint density at radius 1 is 1.24 bits per heavy atom. The number of amides is 1. The number of hydrogen-bond acceptors (Lipinski definition) is 4. The molecule has 0 spiro atoms. The quantitative estimate of drug-likeness (QED) is 0.748. The minimum absolute atomic E-state index is 0.0865. The molecule has 5 nitrogen and oxygen atoms in total. The van der Waals surface area contributed by atoms with Crippen LogP contribution in [-0.4, -0.2) is 25.1 Å². The van der Waals surface area contributed by atoms with E-state index in [0.717, 1.165) is 0 Å². The monoisotopic (exact) mass is 293 g/mol. The molecule has 1 aromatic carbocycles. The zero-order chi connectivity index (χ0) is 15.7. The highest BCUT2D eigenvalue weighted by Gasteiger charge is 2.08. The molecule has 0 saturated heterocycles. The number of benzene rings is 1. The third-order valence-electron chi connectivity index (χ3n) is 2.56. The third-order valence-corrected chi connectivity index (χ3v) is 2.56. The maximum absolute atomic E-state index is 11.7. The highest BCUT2D eigenvalue weighted by Crippen LogP contribution is 2.18. The highest BCUT2D eigenvalue weighted by atomic mass is 16.5. The van der Waals surface area contributed by atoms with Gasteiger partial charge >= 0.3 is 5.97 Å². The van der Waals surface area contributed by atoms with E-state index in [2.05, 4.69) is 19.2 Å². The fourth-order valence-corrected chi connectivity index (χ4v) is 1.60. The zero-order valence-corrected chi connectivity index (χ0v) is 12.8. The van der Waals surface area contributed by atoms with E-state index < -0.39 is 0 Å². The van der Waals surface area contributed by atoms with E-state index >= 15 is 0 Å². The maximum Gasteiger partial charge on any atom is 0.306 e. The summed E-state index contributed by atoms with van der Waals surface area (Å²) in [5.74, 6) is 0.574. The minimum atomic E-state index is -0.360. The summed E-state index contributed by atoms with van der Waals surface area (Å²) in [6.45, 7) is 6.83. The van der Waals surface area contributed by atoms with E-state index in [-0.39, 0.29) is 24.7 Å². The Hall–Kier alpha value is -2.04. The van der Waals surface area contributed by atoms with Gasteiger partial charge in [-0.1, -0.05) is 19.9 Å². The summed E-state index contributed by atoms with van der Waals surface area (Å²) in [7, 11) is 0. The van der Waals surface area contributed by atoms with Crippen molar-refractivity contribution >= 4 is 17.6 Å². The standard InChI is InChI=1S/C16H23NO4/c1-4-20-16(19)9-8-15(18)17-13-6-5-7-14(10-13)21-11-12(2)3/h5-7,10,12H,4,8-9,11H2,1-3H3,(H,17,18).